The molecule has 1 aliphatic heterocycles. The zero-order chi connectivity index (χ0) is 22.7. The molecule has 0 aliphatic carbocycles. The molecule has 1 saturated heterocycles. The molecule has 162 valence electrons. The normalized spacial score (nSPS) is 16.6. The summed E-state index contributed by atoms with van der Waals surface area (Å²) in [6.45, 7) is 3.68. The van der Waals surface area contributed by atoms with Crippen molar-refractivity contribution in [1.82, 2.24) is 10.2 Å². The van der Waals surface area contributed by atoms with Crippen molar-refractivity contribution >= 4 is 23.2 Å². The van der Waals surface area contributed by atoms with Crippen LogP contribution in [0, 0.1) is 27.2 Å². The van der Waals surface area contributed by atoms with Crippen LogP contribution < -0.4 is 5.32 Å². The first-order chi connectivity index (χ1) is 14.7. The summed E-state index contributed by atoms with van der Waals surface area (Å²) in [5, 5.41) is 24.8. The monoisotopic (exact) mass is 426 g/mol. The van der Waals surface area contributed by atoms with Gasteiger partial charge in [-0.1, -0.05) is 12.1 Å². The van der Waals surface area contributed by atoms with E-state index in [0.717, 1.165) is 0 Å². The highest BCUT2D eigenvalue weighted by molar-refractivity contribution is 5.98. The highest BCUT2D eigenvalue weighted by atomic mass is 16.6. The number of benzene rings is 2. The Kier molecular flexibility index (Phi) is 6.28. The molecule has 0 bridgehead atoms. The van der Waals surface area contributed by atoms with Crippen LogP contribution in [-0.2, 0) is 4.79 Å². The van der Waals surface area contributed by atoms with E-state index in [1.807, 2.05) is 0 Å². The first-order valence-electron chi connectivity index (χ1n) is 9.79. The number of nitro benzene ring substituents is 2. The Morgan fingerprint density at radius 2 is 1.87 bits per heavy atom. The summed E-state index contributed by atoms with van der Waals surface area (Å²) >= 11 is 0. The van der Waals surface area contributed by atoms with Gasteiger partial charge in [0.2, 0.25) is 5.91 Å². The van der Waals surface area contributed by atoms with Gasteiger partial charge in [-0.2, -0.15) is 0 Å². The lowest BCUT2D eigenvalue weighted by molar-refractivity contribution is -0.385. The molecule has 2 atom stereocenters. The number of amides is 2. The first-order valence-corrected chi connectivity index (χ1v) is 9.79. The number of likely N-dealkylation sites (tertiary alicyclic amines) is 1. The standard InChI is InChI=1S/C21H22N4O6/c1-13-11-16(8-9-18(13)25(30)31)21(27)23-10-4-7-19(23)20(26)22-14(2)15-5-3-6-17(12-15)24(28)29/h3,5-6,8-9,11-12,14,19H,4,7,10H2,1-2H3,(H,22,26). The molecule has 2 aromatic rings. The Labute approximate surface area is 178 Å². The lowest BCUT2D eigenvalue weighted by Gasteiger charge is -2.26. The number of nitrogens with zero attached hydrogens (tertiary/aromatic N) is 3. The molecule has 1 aliphatic rings. The molecule has 2 amide bonds. The summed E-state index contributed by atoms with van der Waals surface area (Å²) in [5.41, 5.74) is 1.11. The Bertz CT molecular complexity index is 1050. The number of carbonyl (C=O) groups excluding carboxylic acids is 2. The largest absolute Gasteiger partial charge is 0.348 e. The third-order valence-corrected chi connectivity index (χ3v) is 5.40. The van der Waals surface area contributed by atoms with Crippen LogP contribution in [0.4, 0.5) is 11.4 Å². The Morgan fingerprint density at radius 3 is 2.52 bits per heavy atom. The van der Waals surface area contributed by atoms with Crippen LogP contribution >= 0.6 is 0 Å². The summed E-state index contributed by atoms with van der Waals surface area (Å²) in [7, 11) is 0. The maximum Gasteiger partial charge on any atom is 0.272 e. The molecule has 3 rings (SSSR count). The van der Waals surface area contributed by atoms with Crippen LogP contribution in [-0.4, -0.2) is 39.1 Å². The number of hydrogen-bond acceptors (Lipinski definition) is 6. The van der Waals surface area contributed by atoms with Gasteiger partial charge in [-0.3, -0.25) is 29.8 Å². The molecule has 2 unspecified atom stereocenters. The van der Waals surface area contributed by atoms with Crippen LogP contribution in [0.15, 0.2) is 42.5 Å². The minimum atomic E-state index is -0.677. The molecule has 0 spiro atoms. The van der Waals surface area contributed by atoms with Crippen molar-refractivity contribution in [2.75, 3.05) is 6.54 Å². The Hall–Kier alpha value is -3.82. The van der Waals surface area contributed by atoms with Gasteiger partial charge < -0.3 is 10.2 Å². The van der Waals surface area contributed by atoms with E-state index in [0.29, 0.717) is 30.5 Å². The van der Waals surface area contributed by atoms with Gasteiger partial charge in [0, 0.05) is 35.9 Å². The molecule has 0 saturated carbocycles. The molecule has 31 heavy (non-hydrogen) atoms. The Balaban J connectivity index is 1.73. The summed E-state index contributed by atoms with van der Waals surface area (Å²) in [6.07, 6.45) is 1.15. The zero-order valence-electron chi connectivity index (χ0n) is 17.1. The number of carbonyl (C=O) groups is 2. The fourth-order valence-electron chi connectivity index (χ4n) is 3.74. The van der Waals surface area contributed by atoms with Gasteiger partial charge in [-0.15, -0.1) is 0 Å². The summed E-state index contributed by atoms with van der Waals surface area (Å²) < 4.78 is 0. The lowest BCUT2D eigenvalue weighted by Crippen LogP contribution is -2.46. The minimum absolute atomic E-state index is 0.0650. The fourth-order valence-corrected chi connectivity index (χ4v) is 3.74. The minimum Gasteiger partial charge on any atom is -0.348 e. The van der Waals surface area contributed by atoms with E-state index >= 15 is 0 Å². The fraction of sp³-hybridized carbons (Fsp3) is 0.333. The van der Waals surface area contributed by atoms with E-state index < -0.39 is 21.9 Å². The molecule has 10 nitrogen and oxygen atoms in total. The highest BCUT2D eigenvalue weighted by Crippen LogP contribution is 2.25. The summed E-state index contributed by atoms with van der Waals surface area (Å²) in [6, 6.07) is 9.01. The summed E-state index contributed by atoms with van der Waals surface area (Å²) in [5.74, 6) is -0.706. The van der Waals surface area contributed by atoms with Crippen molar-refractivity contribution < 1.29 is 19.4 Å². The van der Waals surface area contributed by atoms with Gasteiger partial charge in [-0.25, -0.2) is 0 Å². The van der Waals surface area contributed by atoms with Gasteiger partial charge in [-0.05, 0) is 44.4 Å². The van der Waals surface area contributed by atoms with E-state index in [1.54, 1.807) is 26.0 Å². The van der Waals surface area contributed by atoms with E-state index in [2.05, 4.69) is 5.32 Å². The quantitative estimate of drug-likeness (QED) is 0.556. The Morgan fingerprint density at radius 1 is 1.13 bits per heavy atom. The van der Waals surface area contributed by atoms with E-state index in [4.69, 9.17) is 0 Å². The van der Waals surface area contributed by atoms with Crippen molar-refractivity contribution in [3.8, 4) is 0 Å². The molecule has 2 aromatic carbocycles. The highest BCUT2D eigenvalue weighted by Gasteiger charge is 2.35. The van der Waals surface area contributed by atoms with Crippen molar-refractivity contribution in [3.63, 3.8) is 0 Å². The van der Waals surface area contributed by atoms with Crippen molar-refractivity contribution in [1.29, 1.82) is 0 Å². The number of nitro groups is 2. The molecule has 10 heteroatoms. The van der Waals surface area contributed by atoms with Gasteiger partial charge in [0.15, 0.2) is 0 Å². The predicted molar refractivity (Wildman–Crippen MR) is 112 cm³/mol. The van der Waals surface area contributed by atoms with Gasteiger partial charge >= 0.3 is 0 Å². The zero-order valence-corrected chi connectivity index (χ0v) is 17.1. The average Bonchev–Trinajstić information content (AvgIpc) is 3.23. The van der Waals surface area contributed by atoms with E-state index in [-0.39, 0.29) is 28.8 Å². The second-order valence-electron chi connectivity index (χ2n) is 7.50. The van der Waals surface area contributed by atoms with Crippen molar-refractivity contribution in [3.05, 3.63) is 79.4 Å². The lowest BCUT2D eigenvalue weighted by atomic mass is 10.1. The molecular formula is C21H22N4O6. The third-order valence-electron chi connectivity index (χ3n) is 5.40. The third kappa shape index (κ3) is 4.68. The average molecular weight is 426 g/mol. The van der Waals surface area contributed by atoms with Gasteiger partial charge in [0.1, 0.15) is 6.04 Å². The number of non-ortho nitro benzene ring substituents is 1. The van der Waals surface area contributed by atoms with Crippen LogP contribution in [0.3, 0.4) is 0 Å². The number of rotatable bonds is 6. The molecule has 1 fully saturated rings. The SMILES string of the molecule is Cc1cc(C(=O)N2CCCC2C(=O)NC(C)c2cccc([N+](=O)[O-])c2)ccc1[N+](=O)[O-]. The van der Waals surface area contributed by atoms with E-state index in [1.165, 1.54) is 35.2 Å². The van der Waals surface area contributed by atoms with Gasteiger partial charge in [0.25, 0.3) is 17.3 Å². The maximum atomic E-state index is 13.0. The topological polar surface area (TPSA) is 136 Å². The van der Waals surface area contributed by atoms with E-state index in [9.17, 15) is 29.8 Å². The van der Waals surface area contributed by atoms with Crippen molar-refractivity contribution in [2.45, 2.75) is 38.8 Å². The molecule has 0 aromatic heterocycles. The van der Waals surface area contributed by atoms with Crippen LogP contribution in [0.25, 0.3) is 0 Å². The van der Waals surface area contributed by atoms with Crippen LogP contribution in [0.1, 0.15) is 47.3 Å². The summed E-state index contributed by atoms with van der Waals surface area (Å²) in [4.78, 5) is 48.3. The van der Waals surface area contributed by atoms with Crippen molar-refractivity contribution in [2.24, 2.45) is 0 Å². The molecule has 1 N–H and O–H groups in total. The molecular weight excluding hydrogens is 404 g/mol. The first kappa shape index (κ1) is 21.9. The number of hydrogen-bond donors (Lipinski definition) is 1. The maximum absolute atomic E-state index is 13.0. The van der Waals surface area contributed by atoms with Gasteiger partial charge in [0.05, 0.1) is 15.9 Å². The molecule has 1 heterocycles. The van der Waals surface area contributed by atoms with Crippen LogP contribution in [0.2, 0.25) is 0 Å². The number of nitrogens with one attached hydrogen (secondary N) is 1. The predicted octanol–water partition coefficient (Wildman–Crippen LogP) is 3.29. The smallest absolute Gasteiger partial charge is 0.272 e. The second-order valence-corrected chi connectivity index (χ2v) is 7.50. The number of aryl methyl sites for hydroxylation is 1. The molecule has 0 radical (unpaired) electrons. The second kappa shape index (κ2) is 8.90. The van der Waals surface area contributed by atoms with Crippen LogP contribution in [0.5, 0.6) is 0 Å².